The van der Waals surface area contributed by atoms with E-state index in [0.29, 0.717) is 23.0 Å². The molecule has 39 heavy (non-hydrogen) atoms. The van der Waals surface area contributed by atoms with E-state index in [1.807, 2.05) is 60.7 Å². The highest BCUT2D eigenvalue weighted by Crippen LogP contribution is 2.43. The molecule has 1 aliphatic rings. The van der Waals surface area contributed by atoms with E-state index >= 15 is 0 Å². The Morgan fingerprint density at radius 3 is 2.15 bits per heavy atom. The third-order valence-corrected chi connectivity index (χ3v) is 7.31. The molecule has 0 spiro atoms. The summed E-state index contributed by atoms with van der Waals surface area (Å²) in [5, 5.41) is 11.7. The summed E-state index contributed by atoms with van der Waals surface area (Å²) in [5.74, 6) is -0.298. The third kappa shape index (κ3) is 5.42. The molecule has 0 radical (unpaired) electrons. The van der Waals surface area contributed by atoms with E-state index in [2.05, 4.69) is 34.6 Å². The predicted molar refractivity (Wildman–Crippen MR) is 153 cm³/mol. The fraction of sp³-hybridized carbons (Fsp3) is 0.333. The number of carbonyl (C=O) groups excluding carboxylic acids is 2. The van der Waals surface area contributed by atoms with Gasteiger partial charge in [0.15, 0.2) is 0 Å². The van der Waals surface area contributed by atoms with Crippen LogP contribution in [0.2, 0.25) is 0 Å². The Bertz CT molecular complexity index is 1410. The van der Waals surface area contributed by atoms with Gasteiger partial charge in [-0.2, -0.15) is 0 Å². The molecule has 1 heterocycles. The van der Waals surface area contributed by atoms with Gasteiger partial charge >= 0.3 is 0 Å². The Kier molecular flexibility index (Phi) is 7.86. The number of ketones is 1. The normalized spacial score (nSPS) is 17.1. The molecule has 0 saturated carbocycles. The predicted octanol–water partition coefficient (Wildman–Crippen LogP) is 6.75. The molecule has 1 N–H and O–H groups in total. The Hall–Kier alpha value is -4.06. The van der Waals surface area contributed by atoms with Crippen LogP contribution in [0.1, 0.15) is 74.4 Å². The van der Waals surface area contributed by atoms with Gasteiger partial charge in [0.1, 0.15) is 17.3 Å². The maximum absolute atomic E-state index is 13.6. The highest BCUT2D eigenvalue weighted by atomic mass is 16.5. The molecule has 1 saturated heterocycles. The van der Waals surface area contributed by atoms with Crippen LogP contribution in [0.4, 0.5) is 0 Å². The minimum absolute atomic E-state index is 0.0385. The number of aliphatic hydroxyl groups excluding tert-OH is 1. The molecule has 4 rings (SSSR count). The summed E-state index contributed by atoms with van der Waals surface area (Å²) < 4.78 is 11.1. The van der Waals surface area contributed by atoms with Crippen molar-refractivity contribution in [1.29, 1.82) is 0 Å². The second-order valence-electron chi connectivity index (χ2n) is 11.2. The lowest BCUT2D eigenvalue weighted by molar-refractivity contribution is -0.140. The van der Waals surface area contributed by atoms with E-state index < -0.39 is 17.7 Å². The lowest BCUT2D eigenvalue weighted by atomic mass is 9.85. The Balaban J connectivity index is 1.94. The Morgan fingerprint density at radius 2 is 1.56 bits per heavy atom. The van der Waals surface area contributed by atoms with E-state index in [1.165, 1.54) is 12.0 Å². The molecule has 1 amide bonds. The number of nitrogens with zero attached hydrogens (tertiary/aromatic N) is 1. The molecule has 3 aromatic rings. The second kappa shape index (κ2) is 11.0. The van der Waals surface area contributed by atoms with Crippen molar-refractivity contribution in [2.45, 2.75) is 58.5 Å². The number of methoxy groups -OCH3 is 2. The Morgan fingerprint density at radius 1 is 0.923 bits per heavy atom. The first-order valence-corrected chi connectivity index (χ1v) is 13.2. The number of rotatable bonds is 7. The van der Waals surface area contributed by atoms with E-state index in [4.69, 9.17) is 9.47 Å². The topological polar surface area (TPSA) is 76.1 Å². The molecule has 1 atom stereocenters. The van der Waals surface area contributed by atoms with Gasteiger partial charge in [-0.3, -0.25) is 9.59 Å². The van der Waals surface area contributed by atoms with Gasteiger partial charge < -0.3 is 19.5 Å². The number of Topliss-reactive ketones (excluding diaryl/α,β-unsaturated/α-hetero) is 1. The molecular weight excluding hydrogens is 490 g/mol. The monoisotopic (exact) mass is 527 g/mol. The first-order valence-electron chi connectivity index (χ1n) is 13.2. The van der Waals surface area contributed by atoms with Gasteiger partial charge in [0.2, 0.25) is 0 Å². The molecule has 204 valence electrons. The number of likely N-dealkylation sites (tertiary alicyclic amines) is 1. The van der Waals surface area contributed by atoms with Crippen LogP contribution < -0.4 is 9.47 Å². The number of carbonyl (C=O) groups is 2. The minimum atomic E-state index is -0.792. The average molecular weight is 528 g/mol. The summed E-state index contributed by atoms with van der Waals surface area (Å²) >= 11 is 0. The lowest BCUT2D eigenvalue weighted by Gasteiger charge is -2.27. The standard InChI is InChI=1S/C33H37NO5/c1-20(2)21-12-14-22(15-13-21)29-28(30(35)25-18-24(33(3,4)5)16-17-27(25)39-7)31(36)32(37)34(29)19-23-10-8-9-11-26(23)38-6/h8-18,20,29,35H,19H2,1-7H3/b30-28+. The zero-order valence-corrected chi connectivity index (χ0v) is 23.7. The fourth-order valence-electron chi connectivity index (χ4n) is 4.97. The first-order chi connectivity index (χ1) is 18.5. The van der Waals surface area contributed by atoms with Crippen molar-refractivity contribution in [2.24, 2.45) is 0 Å². The third-order valence-electron chi connectivity index (χ3n) is 7.31. The van der Waals surface area contributed by atoms with Gasteiger partial charge in [-0.25, -0.2) is 0 Å². The zero-order valence-electron chi connectivity index (χ0n) is 23.7. The van der Waals surface area contributed by atoms with Gasteiger partial charge in [0.05, 0.1) is 37.9 Å². The van der Waals surface area contributed by atoms with E-state index in [9.17, 15) is 14.7 Å². The summed E-state index contributed by atoms with van der Waals surface area (Å²) in [6.45, 7) is 10.6. The fourth-order valence-corrected chi connectivity index (χ4v) is 4.97. The highest BCUT2D eigenvalue weighted by Gasteiger charge is 2.46. The molecule has 6 heteroatoms. The van der Waals surface area contributed by atoms with Crippen molar-refractivity contribution in [3.05, 3.63) is 100 Å². The van der Waals surface area contributed by atoms with Crippen LogP contribution in [-0.2, 0) is 21.5 Å². The smallest absolute Gasteiger partial charge is 0.295 e. The number of hydrogen-bond donors (Lipinski definition) is 1. The van der Waals surface area contributed by atoms with E-state index in [-0.39, 0.29) is 23.3 Å². The van der Waals surface area contributed by atoms with Crippen LogP contribution in [0.5, 0.6) is 11.5 Å². The van der Waals surface area contributed by atoms with Crippen molar-refractivity contribution >= 4 is 17.4 Å². The molecule has 1 aliphatic heterocycles. The van der Waals surface area contributed by atoms with Crippen molar-refractivity contribution in [1.82, 2.24) is 4.90 Å². The second-order valence-corrected chi connectivity index (χ2v) is 11.2. The maximum atomic E-state index is 13.6. The van der Waals surface area contributed by atoms with Gasteiger partial charge in [-0.15, -0.1) is 0 Å². The number of benzene rings is 3. The summed E-state index contributed by atoms with van der Waals surface area (Å²) in [4.78, 5) is 28.7. The molecule has 0 aromatic heterocycles. The summed E-state index contributed by atoms with van der Waals surface area (Å²) in [6.07, 6.45) is 0. The minimum Gasteiger partial charge on any atom is -0.507 e. The van der Waals surface area contributed by atoms with Crippen LogP contribution in [0.25, 0.3) is 5.76 Å². The van der Waals surface area contributed by atoms with Crippen molar-refractivity contribution in [3.8, 4) is 11.5 Å². The maximum Gasteiger partial charge on any atom is 0.295 e. The van der Waals surface area contributed by atoms with E-state index in [0.717, 1.165) is 22.3 Å². The molecule has 1 unspecified atom stereocenters. The van der Waals surface area contributed by atoms with Gasteiger partial charge in [-0.05, 0) is 46.2 Å². The van der Waals surface area contributed by atoms with Crippen LogP contribution in [0.3, 0.4) is 0 Å². The van der Waals surface area contributed by atoms with E-state index in [1.54, 1.807) is 13.2 Å². The molecule has 1 fully saturated rings. The molecule has 6 nitrogen and oxygen atoms in total. The number of aliphatic hydroxyl groups is 1. The molecule has 3 aromatic carbocycles. The van der Waals surface area contributed by atoms with Gasteiger partial charge in [0.25, 0.3) is 11.7 Å². The molecule has 0 bridgehead atoms. The number of para-hydroxylation sites is 1. The van der Waals surface area contributed by atoms with Crippen LogP contribution >= 0.6 is 0 Å². The molecule has 0 aliphatic carbocycles. The largest absolute Gasteiger partial charge is 0.507 e. The first kappa shape index (κ1) is 28.0. The summed E-state index contributed by atoms with van der Waals surface area (Å²) in [5.41, 5.74) is 3.81. The van der Waals surface area contributed by atoms with Gasteiger partial charge in [0, 0.05) is 5.56 Å². The van der Waals surface area contributed by atoms with Crippen LogP contribution in [0.15, 0.2) is 72.3 Å². The van der Waals surface area contributed by atoms with Crippen molar-refractivity contribution in [2.75, 3.05) is 14.2 Å². The van der Waals surface area contributed by atoms with Crippen LogP contribution in [-0.4, -0.2) is 35.9 Å². The number of ether oxygens (including phenoxy) is 2. The van der Waals surface area contributed by atoms with Crippen LogP contribution in [0, 0.1) is 0 Å². The SMILES string of the molecule is COc1ccccc1CN1C(=O)C(=O)/C(=C(/O)c2cc(C(C)(C)C)ccc2OC)C1c1ccc(C(C)C)cc1. The average Bonchev–Trinajstić information content (AvgIpc) is 3.17. The highest BCUT2D eigenvalue weighted by molar-refractivity contribution is 6.46. The number of hydrogen-bond acceptors (Lipinski definition) is 5. The summed E-state index contributed by atoms with van der Waals surface area (Å²) in [6, 6.07) is 20.0. The Labute approximate surface area is 230 Å². The number of amides is 1. The van der Waals surface area contributed by atoms with Gasteiger partial charge in [-0.1, -0.05) is 83.1 Å². The van der Waals surface area contributed by atoms with Crippen molar-refractivity contribution in [3.63, 3.8) is 0 Å². The van der Waals surface area contributed by atoms with Crippen molar-refractivity contribution < 1.29 is 24.2 Å². The quantitative estimate of drug-likeness (QED) is 0.209. The lowest BCUT2D eigenvalue weighted by Crippen LogP contribution is -2.29. The summed E-state index contributed by atoms with van der Waals surface area (Å²) in [7, 11) is 3.09. The zero-order chi connectivity index (χ0) is 28.5. The molecular formula is C33H37NO5.